The normalized spacial score (nSPS) is 11.0. The number of nitriles is 1. The molecule has 1 unspecified atom stereocenters. The molecule has 0 saturated carbocycles. The number of hydrogen-bond acceptors (Lipinski definition) is 5. The summed E-state index contributed by atoms with van der Waals surface area (Å²) in [5.74, 6) is -2.26. The summed E-state index contributed by atoms with van der Waals surface area (Å²) in [6, 6.07) is 1.62. The summed E-state index contributed by atoms with van der Waals surface area (Å²) in [6.07, 6.45) is -0.929. The monoisotopic (exact) mass is 157 g/mol. The van der Waals surface area contributed by atoms with E-state index in [2.05, 4.69) is 9.47 Å². The molecule has 0 radical (unpaired) electrons. The first kappa shape index (κ1) is 9.43. The molecule has 0 amide bonds. The molecule has 5 nitrogen and oxygen atoms in total. The van der Waals surface area contributed by atoms with E-state index >= 15 is 0 Å². The van der Waals surface area contributed by atoms with Crippen LogP contribution in [-0.4, -0.2) is 25.2 Å². The van der Waals surface area contributed by atoms with Gasteiger partial charge in [-0.1, -0.05) is 0 Å². The van der Waals surface area contributed by atoms with Gasteiger partial charge in [0.1, 0.15) is 6.07 Å². The number of methoxy groups -OCH3 is 1. The first-order valence-electron chi connectivity index (χ1n) is 2.80. The van der Waals surface area contributed by atoms with Gasteiger partial charge >= 0.3 is 11.9 Å². The molecule has 5 heteroatoms. The molecule has 0 rings (SSSR count). The minimum Gasteiger partial charge on any atom is -0.461 e. The Morgan fingerprint density at radius 1 is 1.45 bits per heavy atom. The van der Waals surface area contributed by atoms with Crippen molar-refractivity contribution < 1.29 is 19.1 Å². The second kappa shape index (κ2) is 4.28. The van der Waals surface area contributed by atoms with Gasteiger partial charge in [-0.15, -0.1) is 0 Å². The molecule has 0 aromatic rings. The minimum atomic E-state index is -1.15. The molecule has 60 valence electrons. The quantitative estimate of drug-likeness (QED) is 0.383. The van der Waals surface area contributed by atoms with Crippen LogP contribution in [0.4, 0.5) is 0 Å². The Morgan fingerprint density at radius 3 is 2.36 bits per heavy atom. The zero-order valence-electron chi connectivity index (χ0n) is 6.16. The third kappa shape index (κ3) is 3.20. The van der Waals surface area contributed by atoms with E-state index in [1.54, 1.807) is 6.07 Å². The van der Waals surface area contributed by atoms with Gasteiger partial charge in [-0.3, -0.25) is 0 Å². The van der Waals surface area contributed by atoms with E-state index in [-0.39, 0.29) is 0 Å². The van der Waals surface area contributed by atoms with Gasteiger partial charge in [0.05, 0.1) is 7.11 Å². The Kier molecular flexibility index (Phi) is 3.67. The third-order valence-corrected chi connectivity index (χ3v) is 0.818. The van der Waals surface area contributed by atoms with Gasteiger partial charge in [0.2, 0.25) is 0 Å². The van der Waals surface area contributed by atoms with E-state index in [9.17, 15) is 9.59 Å². The molecular formula is C6H7NO4. The number of carbonyl (C=O) groups excluding carboxylic acids is 2. The summed E-state index contributed by atoms with van der Waals surface area (Å²) < 4.78 is 8.31. The predicted octanol–water partition coefficient (Wildman–Crippen LogP) is -0.385. The lowest BCUT2D eigenvalue weighted by Gasteiger charge is -2.02. The Balaban J connectivity index is 3.90. The average Bonchev–Trinajstić information content (AvgIpc) is 2.02. The Hall–Kier alpha value is -1.57. The van der Waals surface area contributed by atoms with Gasteiger partial charge < -0.3 is 9.47 Å². The molecule has 0 heterocycles. The lowest BCUT2D eigenvalue weighted by Crippen LogP contribution is -2.22. The molecule has 0 fully saturated rings. The largest absolute Gasteiger partial charge is 0.461 e. The number of carbonyl (C=O) groups is 2. The van der Waals surface area contributed by atoms with Crippen molar-refractivity contribution in [2.45, 2.75) is 13.0 Å². The van der Waals surface area contributed by atoms with Crippen molar-refractivity contribution in [1.29, 1.82) is 5.26 Å². The van der Waals surface area contributed by atoms with Crippen LogP contribution in [0.3, 0.4) is 0 Å². The predicted molar refractivity (Wildman–Crippen MR) is 33.2 cm³/mol. The summed E-state index contributed by atoms with van der Waals surface area (Å²) in [5, 5.41) is 8.16. The van der Waals surface area contributed by atoms with Gasteiger partial charge in [0.25, 0.3) is 0 Å². The summed E-state index contributed by atoms with van der Waals surface area (Å²) in [7, 11) is 1.06. The van der Waals surface area contributed by atoms with Crippen molar-refractivity contribution in [3.8, 4) is 6.07 Å². The number of ether oxygens (including phenoxy) is 2. The molecule has 0 bridgehead atoms. The molecule has 11 heavy (non-hydrogen) atoms. The molecule has 0 N–H and O–H groups in total. The lowest BCUT2D eigenvalue weighted by molar-refractivity contribution is -0.167. The lowest BCUT2D eigenvalue weighted by atomic mass is 10.4. The highest BCUT2D eigenvalue weighted by Crippen LogP contribution is 1.90. The zero-order valence-corrected chi connectivity index (χ0v) is 6.16. The van der Waals surface area contributed by atoms with Crippen LogP contribution >= 0.6 is 0 Å². The van der Waals surface area contributed by atoms with Crippen molar-refractivity contribution in [3.05, 3.63) is 0 Å². The van der Waals surface area contributed by atoms with Crippen LogP contribution in [0.2, 0.25) is 0 Å². The Morgan fingerprint density at radius 2 is 2.00 bits per heavy atom. The van der Waals surface area contributed by atoms with E-state index in [1.807, 2.05) is 0 Å². The molecular weight excluding hydrogens is 150 g/mol. The van der Waals surface area contributed by atoms with Crippen molar-refractivity contribution in [1.82, 2.24) is 0 Å². The van der Waals surface area contributed by atoms with E-state index in [0.29, 0.717) is 0 Å². The molecule has 0 aliphatic carbocycles. The topological polar surface area (TPSA) is 76.4 Å². The van der Waals surface area contributed by atoms with E-state index in [1.165, 1.54) is 6.92 Å². The maximum atomic E-state index is 10.5. The molecule has 0 aromatic carbocycles. The van der Waals surface area contributed by atoms with E-state index < -0.39 is 18.0 Å². The van der Waals surface area contributed by atoms with Crippen LogP contribution in [0.15, 0.2) is 0 Å². The number of hydrogen-bond donors (Lipinski definition) is 0. The van der Waals surface area contributed by atoms with Crippen molar-refractivity contribution in [2.24, 2.45) is 0 Å². The van der Waals surface area contributed by atoms with Crippen LogP contribution in [-0.2, 0) is 19.1 Å². The highest BCUT2D eigenvalue weighted by molar-refractivity contribution is 6.29. The van der Waals surface area contributed by atoms with Gasteiger partial charge in [0.15, 0.2) is 6.10 Å². The van der Waals surface area contributed by atoms with E-state index in [0.717, 1.165) is 7.11 Å². The Bertz CT molecular complexity index is 205. The fourth-order valence-electron chi connectivity index (χ4n) is 0.318. The van der Waals surface area contributed by atoms with Crippen LogP contribution < -0.4 is 0 Å². The van der Waals surface area contributed by atoms with Gasteiger partial charge in [-0.05, 0) is 6.92 Å². The Labute approximate surface area is 63.5 Å². The number of rotatable bonds is 1. The minimum absolute atomic E-state index is 0.929. The highest BCUT2D eigenvalue weighted by atomic mass is 16.6. The smallest absolute Gasteiger partial charge is 0.418 e. The van der Waals surface area contributed by atoms with Gasteiger partial charge in [-0.2, -0.15) is 5.26 Å². The highest BCUT2D eigenvalue weighted by Gasteiger charge is 2.17. The SMILES string of the molecule is COC(=O)C(=O)OC(C)C#N. The molecule has 0 aromatic heterocycles. The summed E-state index contributed by atoms with van der Waals surface area (Å²) in [6.45, 7) is 1.35. The van der Waals surface area contributed by atoms with Crippen LogP contribution in [0, 0.1) is 11.3 Å². The van der Waals surface area contributed by atoms with Crippen molar-refractivity contribution in [2.75, 3.05) is 7.11 Å². The molecule has 0 spiro atoms. The van der Waals surface area contributed by atoms with Crippen LogP contribution in [0.1, 0.15) is 6.92 Å². The molecule has 0 aliphatic rings. The second-order valence-electron chi connectivity index (χ2n) is 1.67. The molecule has 0 aliphatic heterocycles. The first-order valence-corrected chi connectivity index (χ1v) is 2.80. The third-order valence-electron chi connectivity index (χ3n) is 0.818. The average molecular weight is 157 g/mol. The standard InChI is InChI=1S/C6H7NO4/c1-4(3-7)11-6(9)5(8)10-2/h4H,1-2H3. The van der Waals surface area contributed by atoms with Crippen LogP contribution in [0.5, 0.6) is 0 Å². The fourth-order valence-corrected chi connectivity index (χ4v) is 0.318. The second-order valence-corrected chi connectivity index (χ2v) is 1.67. The summed E-state index contributed by atoms with van der Waals surface area (Å²) in [4.78, 5) is 20.9. The summed E-state index contributed by atoms with van der Waals surface area (Å²) >= 11 is 0. The van der Waals surface area contributed by atoms with Crippen molar-refractivity contribution in [3.63, 3.8) is 0 Å². The van der Waals surface area contributed by atoms with Gasteiger partial charge in [-0.25, -0.2) is 9.59 Å². The van der Waals surface area contributed by atoms with E-state index in [4.69, 9.17) is 5.26 Å². The zero-order chi connectivity index (χ0) is 8.85. The number of nitrogens with zero attached hydrogens (tertiary/aromatic N) is 1. The first-order chi connectivity index (χ1) is 5.11. The van der Waals surface area contributed by atoms with Crippen LogP contribution in [0.25, 0.3) is 0 Å². The fraction of sp³-hybridized carbons (Fsp3) is 0.500. The van der Waals surface area contributed by atoms with Gasteiger partial charge in [0, 0.05) is 0 Å². The maximum absolute atomic E-state index is 10.5. The van der Waals surface area contributed by atoms with Crippen molar-refractivity contribution >= 4 is 11.9 Å². The number of esters is 2. The maximum Gasteiger partial charge on any atom is 0.418 e. The summed E-state index contributed by atoms with van der Waals surface area (Å²) in [5.41, 5.74) is 0. The molecule has 0 saturated heterocycles. The molecule has 1 atom stereocenters.